The Bertz CT molecular complexity index is 286. The first-order chi connectivity index (χ1) is 7.81. The van der Waals surface area contributed by atoms with E-state index < -0.39 is 0 Å². The molecule has 0 N–H and O–H groups in total. The number of rotatable bonds is 3. The summed E-state index contributed by atoms with van der Waals surface area (Å²) < 4.78 is 5.32. The van der Waals surface area contributed by atoms with Gasteiger partial charge in [0.1, 0.15) is 0 Å². The Kier molecular flexibility index (Phi) is 4.02. The molecule has 1 unspecified atom stereocenters. The lowest BCUT2D eigenvalue weighted by molar-refractivity contribution is 0.0568. The molecule has 0 spiro atoms. The van der Waals surface area contributed by atoms with E-state index in [0.717, 1.165) is 32.7 Å². The van der Waals surface area contributed by atoms with E-state index in [-0.39, 0.29) is 0 Å². The highest BCUT2D eigenvalue weighted by molar-refractivity contribution is 5.26. The van der Waals surface area contributed by atoms with E-state index in [1.165, 1.54) is 5.70 Å². The number of hydrogen-bond donors (Lipinski definition) is 0. The van der Waals surface area contributed by atoms with E-state index in [9.17, 15) is 0 Å². The highest BCUT2D eigenvalue weighted by Gasteiger charge is 2.25. The Labute approximate surface area is 98.4 Å². The largest absolute Gasteiger partial charge is 0.383 e. The van der Waals surface area contributed by atoms with Crippen molar-refractivity contribution in [1.29, 1.82) is 0 Å². The molecule has 0 bridgehead atoms. The molecular weight excluding hydrogens is 200 g/mol. The van der Waals surface area contributed by atoms with E-state index in [1.807, 2.05) is 0 Å². The van der Waals surface area contributed by atoms with Crippen LogP contribution in [-0.2, 0) is 4.74 Å². The molecule has 0 aromatic rings. The smallest absolute Gasteiger partial charge is 0.0678 e. The third-order valence-electron chi connectivity index (χ3n) is 3.24. The van der Waals surface area contributed by atoms with Gasteiger partial charge in [0.2, 0.25) is 0 Å². The van der Waals surface area contributed by atoms with Gasteiger partial charge in [-0.15, -0.1) is 0 Å². The summed E-state index contributed by atoms with van der Waals surface area (Å²) in [5.74, 6) is 0. The number of methoxy groups -OCH3 is 1. The van der Waals surface area contributed by atoms with Gasteiger partial charge in [0.15, 0.2) is 0 Å². The number of likely N-dealkylation sites (N-methyl/N-ethyl adjacent to an activating group) is 1. The number of nitrogens with zero attached hydrogens (tertiary/aromatic N) is 2. The van der Waals surface area contributed by atoms with Crippen molar-refractivity contribution in [2.45, 2.75) is 12.5 Å². The molecule has 89 valence electrons. The van der Waals surface area contributed by atoms with Crippen LogP contribution in [0.15, 0.2) is 23.9 Å². The Morgan fingerprint density at radius 3 is 3.00 bits per heavy atom. The zero-order valence-electron chi connectivity index (χ0n) is 10.2. The van der Waals surface area contributed by atoms with Crippen LogP contribution in [0, 0.1) is 6.42 Å². The monoisotopic (exact) mass is 221 g/mol. The van der Waals surface area contributed by atoms with Gasteiger partial charge in [-0.1, -0.05) is 12.2 Å². The van der Waals surface area contributed by atoms with E-state index in [4.69, 9.17) is 4.74 Å². The van der Waals surface area contributed by atoms with Crippen LogP contribution in [0.1, 0.15) is 6.42 Å². The summed E-state index contributed by atoms with van der Waals surface area (Å²) in [5.41, 5.74) is 1.36. The van der Waals surface area contributed by atoms with E-state index in [2.05, 4.69) is 41.5 Å². The van der Waals surface area contributed by atoms with Gasteiger partial charge in [0, 0.05) is 32.4 Å². The molecule has 1 atom stereocenters. The lowest BCUT2D eigenvalue weighted by atomic mass is 10.1. The van der Waals surface area contributed by atoms with Crippen LogP contribution >= 0.6 is 0 Å². The quantitative estimate of drug-likeness (QED) is 0.714. The standard InChI is InChI=1S/C13H21N2O/c1-14-8-9-15(13(10-14)11-16-2)12-6-4-3-5-7-12/h3-4,6-7,13H,5,8-11H2,1-2H3. The highest BCUT2D eigenvalue weighted by Crippen LogP contribution is 2.20. The van der Waals surface area contributed by atoms with Crippen LogP contribution in [0.25, 0.3) is 0 Å². The highest BCUT2D eigenvalue weighted by atomic mass is 16.5. The van der Waals surface area contributed by atoms with Gasteiger partial charge in [-0.25, -0.2) is 0 Å². The second-order valence-electron chi connectivity index (χ2n) is 4.52. The normalized spacial score (nSPS) is 27.0. The maximum Gasteiger partial charge on any atom is 0.0678 e. The zero-order chi connectivity index (χ0) is 11.4. The molecule has 1 radical (unpaired) electrons. The molecular formula is C13H21N2O. The van der Waals surface area contributed by atoms with Crippen molar-refractivity contribution < 1.29 is 4.74 Å². The maximum atomic E-state index is 5.32. The van der Waals surface area contributed by atoms with Gasteiger partial charge in [-0.3, -0.25) is 0 Å². The first kappa shape index (κ1) is 11.7. The first-order valence-electron chi connectivity index (χ1n) is 5.95. The Balaban J connectivity index is 2.05. The van der Waals surface area contributed by atoms with Crippen LogP contribution in [0.3, 0.4) is 0 Å². The van der Waals surface area contributed by atoms with E-state index in [1.54, 1.807) is 7.11 Å². The minimum atomic E-state index is 0.484. The van der Waals surface area contributed by atoms with Crippen molar-refractivity contribution in [3.05, 3.63) is 30.3 Å². The van der Waals surface area contributed by atoms with Gasteiger partial charge < -0.3 is 14.5 Å². The summed E-state index contributed by atoms with van der Waals surface area (Å²) in [6.45, 7) is 4.12. The van der Waals surface area contributed by atoms with Gasteiger partial charge in [-0.05, 0) is 26.0 Å². The number of piperazine rings is 1. The fourth-order valence-electron chi connectivity index (χ4n) is 2.40. The fraction of sp³-hybridized carbons (Fsp3) is 0.615. The topological polar surface area (TPSA) is 15.7 Å². The summed E-state index contributed by atoms with van der Waals surface area (Å²) in [6.07, 6.45) is 9.89. The predicted octanol–water partition coefficient (Wildman–Crippen LogP) is 1.30. The molecule has 16 heavy (non-hydrogen) atoms. The van der Waals surface area contributed by atoms with Crippen molar-refractivity contribution >= 4 is 0 Å². The third-order valence-corrected chi connectivity index (χ3v) is 3.24. The Morgan fingerprint density at radius 1 is 1.44 bits per heavy atom. The van der Waals surface area contributed by atoms with E-state index in [0.29, 0.717) is 6.04 Å². The number of allylic oxidation sites excluding steroid dienone is 3. The molecule has 1 aliphatic heterocycles. The Morgan fingerprint density at radius 2 is 2.31 bits per heavy atom. The molecule has 1 fully saturated rings. The summed E-state index contributed by atoms with van der Waals surface area (Å²) in [5, 5.41) is 0. The molecule has 1 heterocycles. The lowest BCUT2D eigenvalue weighted by Gasteiger charge is -2.42. The van der Waals surface area contributed by atoms with E-state index >= 15 is 0 Å². The van der Waals surface area contributed by atoms with Gasteiger partial charge in [0.25, 0.3) is 0 Å². The summed E-state index contributed by atoms with van der Waals surface area (Å²) in [6, 6.07) is 0.484. The van der Waals surface area contributed by atoms with Crippen LogP contribution in [0.4, 0.5) is 0 Å². The Hall–Kier alpha value is -0.800. The van der Waals surface area contributed by atoms with Crippen molar-refractivity contribution in [1.82, 2.24) is 9.80 Å². The molecule has 0 aromatic carbocycles. The van der Waals surface area contributed by atoms with Crippen LogP contribution in [0.2, 0.25) is 0 Å². The molecule has 2 rings (SSSR count). The van der Waals surface area contributed by atoms with Crippen molar-refractivity contribution in [2.75, 3.05) is 40.4 Å². The molecule has 0 amide bonds. The van der Waals surface area contributed by atoms with Crippen LogP contribution in [0.5, 0.6) is 0 Å². The number of ether oxygens (including phenoxy) is 1. The first-order valence-corrected chi connectivity index (χ1v) is 5.95. The summed E-state index contributed by atoms with van der Waals surface area (Å²) >= 11 is 0. The molecule has 1 saturated heterocycles. The van der Waals surface area contributed by atoms with Crippen LogP contribution in [-0.4, -0.2) is 56.2 Å². The fourth-order valence-corrected chi connectivity index (χ4v) is 2.40. The van der Waals surface area contributed by atoms with Crippen LogP contribution < -0.4 is 0 Å². The third kappa shape index (κ3) is 2.66. The maximum absolute atomic E-state index is 5.32. The molecule has 0 saturated carbocycles. The van der Waals surface area contributed by atoms with Gasteiger partial charge in [0.05, 0.1) is 12.6 Å². The molecule has 3 heteroatoms. The predicted molar refractivity (Wildman–Crippen MR) is 66.0 cm³/mol. The second kappa shape index (κ2) is 5.51. The molecule has 3 nitrogen and oxygen atoms in total. The number of hydrogen-bond acceptors (Lipinski definition) is 3. The summed E-state index contributed by atoms with van der Waals surface area (Å²) in [7, 11) is 3.96. The lowest BCUT2D eigenvalue weighted by Crippen LogP contribution is -2.52. The summed E-state index contributed by atoms with van der Waals surface area (Å²) in [4.78, 5) is 4.85. The molecule has 1 aliphatic carbocycles. The van der Waals surface area contributed by atoms with Gasteiger partial charge in [-0.2, -0.15) is 0 Å². The molecule has 2 aliphatic rings. The SMILES string of the molecule is COCC1CN(C)CCN1C1=CC[CH]C=C1. The van der Waals surface area contributed by atoms with Crippen molar-refractivity contribution in [2.24, 2.45) is 0 Å². The average Bonchev–Trinajstić information content (AvgIpc) is 2.31. The minimum Gasteiger partial charge on any atom is -0.383 e. The van der Waals surface area contributed by atoms with Crippen molar-refractivity contribution in [3.8, 4) is 0 Å². The second-order valence-corrected chi connectivity index (χ2v) is 4.52. The zero-order valence-corrected chi connectivity index (χ0v) is 10.2. The van der Waals surface area contributed by atoms with Gasteiger partial charge >= 0.3 is 0 Å². The molecule has 0 aromatic heterocycles. The average molecular weight is 221 g/mol. The van der Waals surface area contributed by atoms with Crippen molar-refractivity contribution in [3.63, 3.8) is 0 Å². The minimum absolute atomic E-state index is 0.484.